The molecule has 1 N–H and O–H groups in total. The maximum atomic E-state index is 12.2. The van der Waals surface area contributed by atoms with Gasteiger partial charge in [0.1, 0.15) is 6.54 Å². The van der Waals surface area contributed by atoms with Crippen LogP contribution in [0, 0.1) is 0 Å². The molecule has 17 heavy (non-hydrogen) atoms. The Morgan fingerprint density at radius 1 is 1.06 bits per heavy atom. The zero-order chi connectivity index (χ0) is 13.3. The molecule has 0 fully saturated rings. The number of alkyl halides is 6. The fraction of sp³-hybridized carbons (Fsp3) is 0.333. The van der Waals surface area contributed by atoms with Crippen LogP contribution < -0.4 is 5.32 Å². The highest BCUT2D eigenvalue weighted by molar-refractivity contribution is 6.33. The van der Waals surface area contributed by atoms with Crippen molar-refractivity contribution < 1.29 is 26.3 Å². The smallest absolute Gasteiger partial charge is 0.375 e. The zero-order valence-electron chi connectivity index (χ0n) is 8.08. The maximum Gasteiger partial charge on any atom is 0.416 e. The van der Waals surface area contributed by atoms with E-state index in [2.05, 4.69) is 0 Å². The van der Waals surface area contributed by atoms with Crippen molar-refractivity contribution in [3.8, 4) is 0 Å². The Labute approximate surface area is 97.4 Å². The number of hydrogen-bond acceptors (Lipinski definition) is 1. The first kappa shape index (κ1) is 14.0. The molecule has 0 radical (unpaired) electrons. The predicted molar refractivity (Wildman–Crippen MR) is 51.0 cm³/mol. The summed E-state index contributed by atoms with van der Waals surface area (Å²) < 4.78 is 72.2. The standard InChI is InChI=1S/C9H6ClF6N/c10-6-3-5(9(14,15)16)1-2-7(6)17-4-8(11,12)13/h1-3,17H,4H2. The molecular weight excluding hydrogens is 272 g/mol. The van der Waals surface area contributed by atoms with Gasteiger partial charge in [-0.2, -0.15) is 26.3 Å². The van der Waals surface area contributed by atoms with Crippen LogP contribution >= 0.6 is 11.6 Å². The first-order valence-electron chi connectivity index (χ1n) is 4.27. The van der Waals surface area contributed by atoms with Gasteiger partial charge in [-0.3, -0.25) is 0 Å². The van der Waals surface area contributed by atoms with E-state index in [-0.39, 0.29) is 5.69 Å². The summed E-state index contributed by atoms with van der Waals surface area (Å²) in [7, 11) is 0. The minimum absolute atomic E-state index is 0.197. The molecule has 0 unspecified atom stereocenters. The van der Waals surface area contributed by atoms with Crippen LogP contribution in [0.25, 0.3) is 0 Å². The predicted octanol–water partition coefficient (Wildman–Crippen LogP) is 4.33. The van der Waals surface area contributed by atoms with E-state index in [1.165, 1.54) is 0 Å². The number of halogens is 7. The van der Waals surface area contributed by atoms with Crippen molar-refractivity contribution >= 4 is 17.3 Å². The van der Waals surface area contributed by atoms with Crippen LogP contribution in [-0.4, -0.2) is 12.7 Å². The second kappa shape index (κ2) is 4.64. The summed E-state index contributed by atoms with van der Waals surface area (Å²) in [5.41, 5.74) is -1.21. The van der Waals surface area contributed by atoms with Crippen LogP contribution in [0.3, 0.4) is 0 Å². The van der Waals surface area contributed by atoms with Gasteiger partial charge < -0.3 is 5.32 Å². The fourth-order valence-electron chi connectivity index (χ4n) is 1.03. The van der Waals surface area contributed by atoms with E-state index in [1.54, 1.807) is 0 Å². The molecule has 0 atom stereocenters. The third kappa shape index (κ3) is 4.33. The van der Waals surface area contributed by atoms with Gasteiger partial charge in [-0.1, -0.05) is 11.6 Å². The molecule has 0 bridgehead atoms. The molecule has 0 aromatic heterocycles. The van der Waals surface area contributed by atoms with Crippen LogP contribution in [0.2, 0.25) is 5.02 Å². The molecule has 96 valence electrons. The van der Waals surface area contributed by atoms with Gasteiger partial charge in [0.15, 0.2) is 0 Å². The van der Waals surface area contributed by atoms with Crippen molar-refractivity contribution in [1.29, 1.82) is 0 Å². The van der Waals surface area contributed by atoms with Crippen LogP contribution in [0.5, 0.6) is 0 Å². The highest BCUT2D eigenvalue weighted by Gasteiger charge is 2.31. The van der Waals surface area contributed by atoms with Crippen LogP contribution in [0.1, 0.15) is 5.56 Å². The summed E-state index contributed by atoms with van der Waals surface area (Å²) in [6.07, 6.45) is -9.04. The minimum Gasteiger partial charge on any atom is -0.375 e. The summed E-state index contributed by atoms with van der Waals surface area (Å²) in [5, 5.41) is 1.49. The lowest BCUT2D eigenvalue weighted by molar-refractivity contribution is -0.137. The number of hydrogen-bond donors (Lipinski definition) is 1. The molecule has 1 aromatic rings. The van der Waals surface area contributed by atoms with E-state index in [4.69, 9.17) is 11.6 Å². The first-order chi connectivity index (χ1) is 7.59. The molecule has 0 amide bonds. The second-order valence-electron chi connectivity index (χ2n) is 3.16. The number of anilines is 1. The largest absolute Gasteiger partial charge is 0.416 e. The average Bonchev–Trinajstić information content (AvgIpc) is 2.12. The van der Waals surface area contributed by atoms with Gasteiger partial charge in [-0.25, -0.2) is 0 Å². The Morgan fingerprint density at radius 3 is 2.06 bits per heavy atom. The van der Waals surface area contributed by atoms with E-state index in [0.717, 1.165) is 6.07 Å². The monoisotopic (exact) mass is 277 g/mol. The summed E-state index contributed by atoms with van der Waals surface area (Å²) in [5.74, 6) is 0. The normalized spacial score (nSPS) is 12.6. The highest BCUT2D eigenvalue weighted by atomic mass is 35.5. The molecule has 0 saturated carbocycles. The van der Waals surface area contributed by atoms with Gasteiger partial charge in [0.25, 0.3) is 0 Å². The number of nitrogens with one attached hydrogen (secondary N) is 1. The average molecular weight is 278 g/mol. The molecule has 1 nitrogen and oxygen atoms in total. The Morgan fingerprint density at radius 2 is 1.65 bits per heavy atom. The van der Waals surface area contributed by atoms with Crippen molar-refractivity contribution in [2.45, 2.75) is 12.4 Å². The molecule has 0 heterocycles. The van der Waals surface area contributed by atoms with E-state index in [0.29, 0.717) is 12.1 Å². The third-order valence-corrected chi connectivity index (χ3v) is 2.09. The fourth-order valence-corrected chi connectivity index (χ4v) is 1.28. The van der Waals surface area contributed by atoms with Crippen LogP contribution in [0.15, 0.2) is 18.2 Å². The highest BCUT2D eigenvalue weighted by Crippen LogP contribution is 2.34. The van der Waals surface area contributed by atoms with Crippen molar-refractivity contribution in [1.82, 2.24) is 0 Å². The quantitative estimate of drug-likeness (QED) is 0.793. The lowest BCUT2D eigenvalue weighted by Gasteiger charge is -2.13. The summed E-state index contributed by atoms with van der Waals surface area (Å²) >= 11 is 5.43. The van der Waals surface area contributed by atoms with Gasteiger partial charge in [-0.05, 0) is 18.2 Å². The molecule has 1 aromatic carbocycles. The Bertz CT molecular complexity index is 397. The molecular formula is C9H6ClF6N. The van der Waals surface area contributed by atoms with Crippen LogP contribution in [0.4, 0.5) is 32.0 Å². The molecule has 0 saturated heterocycles. The first-order valence-corrected chi connectivity index (χ1v) is 4.65. The van der Waals surface area contributed by atoms with Gasteiger partial charge in [0.05, 0.1) is 16.3 Å². The topological polar surface area (TPSA) is 12.0 Å². The SMILES string of the molecule is FC(F)(F)CNc1ccc(C(F)(F)F)cc1Cl. The lowest BCUT2D eigenvalue weighted by Crippen LogP contribution is -2.21. The minimum atomic E-state index is -4.58. The Kier molecular flexibility index (Phi) is 3.81. The van der Waals surface area contributed by atoms with E-state index < -0.39 is 29.5 Å². The Balaban J connectivity index is 2.84. The van der Waals surface area contributed by atoms with Gasteiger partial charge in [-0.15, -0.1) is 0 Å². The molecule has 0 aliphatic carbocycles. The maximum absolute atomic E-state index is 12.2. The third-order valence-electron chi connectivity index (χ3n) is 1.78. The summed E-state index contributed by atoms with van der Waals surface area (Å²) in [4.78, 5) is 0. The van der Waals surface area contributed by atoms with Gasteiger partial charge in [0.2, 0.25) is 0 Å². The second-order valence-corrected chi connectivity index (χ2v) is 3.57. The van der Waals surface area contributed by atoms with Gasteiger partial charge in [0, 0.05) is 0 Å². The van der Waals surface area contributed by atoms with Gasteiger partial charge >= 0.3 is 12.4 Å². The van der Waals surface area contributed by atoms with Crippen molar-refractivity contribution in [2.24, 2.45) is 0 Å². The van der Waals surface area contributed by atoms with Crippen molar-refractivity contribution in [2.75, 3.05) is 11.9 Å². The van der Waals surface area contributed by atoms with Crippen LogP contribution in [-0.2, 0) is 6.18 Å². The number of benzene rings is 1. The molecule has 8 heteroatoms. The Hall–Kier alpha value is -1.11. The van der Waals surface area contributed by atoms with E-state index in [9.17, 15) is 26.3 Å². The van der Waals surface area contributed by atoms with E-state index in [1.807, 2.05) is 5.32 Å². The summed E-state index contributed by atoms with van der Waals surface area (Å²) in [6.45, 7) is -1.36. The summed E-state index contributed by atoms with van der Waals surface area (Å²) in [6, 6.07) is 2.09. The zero-order valence-corrected chi connectivity index (χ0v) is 8.84. The van der Waals surface area contributed by atoms with Crippen molar-refractivity contribution in [3.63, 3.8) is 0 Å². The number of rotatable bonds is 2. The van der Waals surface area contributed by atoms with E-state index >= 15 is 0 Å². The molecule has 0 aliphatic heterocycles. The van der Waals surface area contributed by atoms with Crippen molar-refractivity contribution in [3.05, 3.63) is 28.8 Å². The molecule has 1 rings (SSSR count). The molecule has 0 spiro atoms. The molecule has 0 aliphatic rings. The lowest BCUT2D eigenvalue weighted by atomic mass is 10.2.